The molecule has 22 heavy (non-hydrogen) atoms. The van der Waals surface area contributed by atoms with Crippen LogP contribution >= 0.6 is 0 Å². The minimum Gasteiger partial charge on any atom is -0.447 e. The Kier molecular flexibility index (Phi) is 2.21. The Hall–Kier alpha value is -2.70. The van der Waals surface area contributed by atoms with Crippen molar-refractivity contribution >= 4 is 11.7 Å². The van der Waals surface area contributed by atoms with Crippen molar-refractivity contribution in [2.45, 2.75) is 18.6 Å². The number of nitriles is 2. The number of fused-ring (bicyclic) bond motifs is 1. The largest absolute Gasteiger partial charge is 0.447 e. The Labute approximate surface area is 127 Å². The average molecular weight is 292 g/mol. The molecule has 1 N–H and O–H groups in total. The van der Waals surface area contributed by atoms with Crippen LogP contribution in [0, 0.1) is 38.9 Å². The van der Waals surface area contributed by atoms with Crippen molar-refractivity contribution < 1.29 is 9.47 Å². The zero-order valence-electron chi connectivity index (χ0n) is 11.8. The molecule has 6 nitrogen and oxygen atoms in total. The topological polar surface area (TPSA) is 102 Å². The van der Waals surface area contributed by atoms with E-state index < -0.39 is 22.5 Å². The maximum absolute atomic E-state index is 9.98. The van der Waals surface area contributed by atoms with Crippen LogP contribution in [0.5, 0.6) is 0 Å². The third-order valence-corrected chi connectivity index (χ3v) is 4.96. The molecule has 4 unspecified atom stereocenters. The smallest absolute Gasteiger partial charge is 0.218 e. The maximum Gasteiger partial charge on any atom is 0.218 e. The fourth-order valence-corrected chi connectivity index (χ4v) is 3.91. The third kappa shape index (κ3) is 1.11. The van der Waals surface area contributed by atoms with Gasteiger partial charge < -0.3 is 9.47 Å². The minimum absolute atomic E-state index is 0.0120. The fourth-order valence-electron chi connectivity index (χ4n) is 3.91. The van der Waals surface area contributed by atoms with E-state index >= 15 is 0 Å². The number of rotatable bonds is 1. The molecule has 0 aliphatic carbocycles. The van der Waals surface area contributed by atoms with E-state index in [1.165, 1.54) is 0 Å². The van der Waals surface area contributed by atoms with E-state index in [4.69, 9.17) is 14.9 Å². The molecule has 4 aliphatic heterocycles. The lowest BCUT2D eigenvalue weighted by atomic mass is 9.52. The quantitative estimate of drug-likeness (QED) is 0.854. The van der Waals surface area contributed by atoms with Gasteiger partial charge >= 0.3 is 0 Å². The molecular formula is C16H12N4O2. The molecule has 6 heteroatoms. The van der Waals surface area contributed by atoms with Gasteiger partial charge in [0.1, 0.15) is 5.84 Å². The molecule has 0 spiro atoms. The molecule has 3 fully saturated rings. The molecule has 4 atom stereocenters. The van der Waals surface area contributed by atoms with Crippen molar-refractivity contribution in [1.29, 1.82) is 15.9 Å². The predicted molar refractivity (Wildman–Crippen MR) is 75.9 cm³/mol. The molecule has 4 heterocycles. The van der Waals surface area contributed by atoms with Gasteiger partial charge in [-0.1, -0.05) is 30.3 Å². The highest BCUT2D eigenvalue weighted by Gasteiger charge is 2.79. The van der Waals surface area contributed by atoms with E-state index in [2.05, 4.69) is 17.1 Å². The van der Waals surface area contributed by atoms with Crippen LogP contribution in [-0.2, 0) is 9.47 Å². The van der Waals surface area contributed by atoms with Gasteiger partial charge in [-0.2, -0.15) is 15.5 Å². The molecule has 1 aromatic rings. The fraction of sp³-hybridized carbons (Fsp3) is 0.375. The second-order valence-electron chi connectivity index (χ2n) is 5.95. The molecule has 0 aromatic heterocycles. The Bertz CT molecular complexity index is 806. The zero-order valence-corrected chi connectivity index (χ0v) is 11.8. The van der Waals surface area contributed by atoms with Crippen LogP contribution in [0.3, 0.4) is 0 Å². The first-order chi connectivity index (χ1) is 10.5. The van der Waals surface area contributed by atoms with Gasteiger partial charge in [-0.05, 0) is 5.56 Å². The van der Waals surface area contributed by atoms with Gasteiger partial charge in [0, 0.05) is 6.92 Å². The van der Waals surface area contributed by atoms with E-state index in [9.17, 15) is 10.5 Å². The van der Waals surface area contributed by atoms with Crippen LogP contribution < -0.4 is 0 Å². The van der Waals surface area contributed by atoms with E-state index in [0.29, 0.717) is 0 Å². The van der Waals surface area contributed by atoms with E-state index in [1.807, 2.05) is 30.3 Å². The zero-order chi connectivity index (χ0) is 15.6. The van der Waals surface area contributed by atoms with Crippen molar-refractivity contribution in [2.75, 3.05) is 6.61 Å². The van der Waals surface area contributed by atoms with Crippen LogP contribution in [0.25, 0.3) is 0 Å². The number of aliphatic imine (C=N–C) groups is 1. The lowest BCUT2D eigenvalue weighted by Gasteiger charge is -2.57. The number of benzene rings is 1. The molecule has 0 amide bonds. The summed E-state index contributed by atoms with van der Waals surface area (Å²) < 4.78 is 11.6. The van der Waals surface area contributed by atoms with Gasteiger partial charge in [0.2, 0.25) is 11.7 Å². The second-order valence-corrected chi connectivity index (χ2v) is 5.95. The van der Waals surface area contributed by atoms with Crippen LogP contribution in [-0.4, -0.2) is 24.1 Å². The molecule has 4 bridgehead atoms. The second kappa shape index (κ2) is 3.73. The Morgan fingerprint density at radius 2 is 2.00 bits per heavy atom. The van der Waals surface area contributed by atoms with Crippen molar-refractivity contribution in [3.05, 3.63) is 35.9 Å². The number of ether oxygens (including phenoxy) is 2. The summed E-state index contributed by atoms with van der Waals surface area (Å²) in [5.41, 5.74) is -1.94. The van der Waals surface area contributed by atoms with Gasteiger partial charge in [-0.3, -0.25) is 5.41 Å². The van der Waals surface area contributed by atoms with E-state index in [0.717, 1.165) is 5.56 Å². The Balaban J connectivity index is 2.06. The molecular weight excluding hydrogens is 280 g/mol. The normalized spacial score (nSPS) is 41.3. The first-order valence-corrected chi connectivity index (χ1v) is 6.93. The first-order valence-electron chi connectivity index (χ1n) is 6.93. The lowest BCUT2D eigenvalue weighted by molar-refractivity contribution is -0.280. The van der Waals surface area contributed by atoms with Crippen LogP contribution in [0.1, 0.15) is 18.4 Å². The molecule has 5 rings (SSSR count). The number of amidine groups is 1. The number of hydrogen-bond donors (Lipinski definition) is 1. The maximum atomic E-state index is 9.98. The lowest BCUT2D eigenvalue weighted by Crippen LogP contribution is -2.69. The molecule has 3 saturated heterocycles. The first kappa shape index (κ1) is 13.0. The SMILES string of the molecule is CC12OCC3(C#N)C(=NC(=N)C3(C#N)C1c1ccccc1)O2. The van der Waals surface area contributed by atoms with Gasteiger partial charge in [0.25, 0.3) is 0 Å². The molecule has 4 aliphatic rings. The molecule has 108 valence electrons. The molecule has 0 saturated carbocycles. The van der Waals surface area contributed by atoms with Gasteiger partial charge in [-0.25, -0.2) is 0 Å². The summed E-state index contributed by atoms with van der Waals surface area (Å²) in [6.07, 6.45) is 0. The monoisotopic (exact) mass is 292 g/mol. The Morgan fingerprint density at radius 1 is 1.27 bits per heavy atom. The summed E-state index contributed by atoms with van der Waals surface area (Å²) in [7, 11) is 0. The van der Waals surface area contributed by atoms with Crippen molar-refractivity contribution in [2.24, 2.45) is 15.8 Å². The highest BCUT2D eigenvalue weighted by Crippen LogP contribution is 2.66. The van der Waals surface area contributed by atoms with Crippen molar-refractivity contribution in [3.8, 4) is 12.1 Å². The summed E-state index contributed by atoms with van der Waals surface area (Å²) in [6, 6.07) is 13.7. The van der Waals surface area contributed by atoms with E-state index in [1.54, 1.807) is 6.92 Å². The van der Waals surface area contributed by atoms with Crippen LogP contribution in [0.2, 0.25) is 0 Å². The van der Waals surface area contributed by atoms with Crippen LogP contribution in [0.4, 0.5) is 0 Å². The van der Waals surface area contributed by atoms with E-state index in [-0.39, 0.29) is 18.3 Å². The number of nitrogens with zero attached hydrogens (tertiary/aromatic N) is 3. The number of nitrogens with one attached hydrogen (secondary N) is 1. The standard InChI is InChI=1S/C16H12N4O2/c1-14-11(10-5-3-2-4-6-10)16(8-18)12(19)20-13(22-14)15(16,7-17)9-21-14/h2-6,11,19H,9H2,1H3. The summed E-state index contributed by atoms with van der Waals surface area (Å²) in [5, 5.41) is 28.0. The van der Waals surface area contributed by atoms with Crippen molar-refractivity contribution in [1.82, 2.24) is 0 Å². The molecule has 0 radical (unpaired) electrons. The van der Waals surface area contributed by atoms with Gasteiger partial charge in [-0.15, -0.1) is 0 Å². The van der Waals surface area contributed by atoms with Crippen LogP contribution in [0.15, 0.2) is 35.3 Å². The number of hydrogen-bond acceptors (Lipinski definition) is 5. The van der Waals surface area contributed by atoms with Gasteiger partial charge in [0.05, 0.1) is 24.7 Å². The average Bonchev–Trinajstić information content (AvgIpc) is 2.72. The highest BCUT2D eigenvalue weighted by atomic mass is 16.7. The van der Waals surface area contributed by atoms with Crippen molar-refractivity contribution in [3.63, 3.8) is 0 Å². The third-order valence-electron chi connectivity index (χ3n) is 4.96. The minimum atomic E-state index is -1.39. The summed E-state index contributed by atoms with van der Waals surface area (Å²) in [5.74, 6) is -1.69. The summed E-state index contributed by atoms with van der Waals surface area (Å²) in [4.78, 5) is 4.09. The highest BCUT2D eigenvalue weighted by molar-refractivity contribution is 6.13. The van der Waals surface area contributed by atoms with Gasteiger partial charge in [0.15, 0.2) is 10.8 Å². The summed E-state index contributed by atoms with van der Waals surface area (Å²) >= 11 is 0. The Morgan fingerprint density at radius 3 is 2.64 bits per heavy atom. The summed E-state index contributed by atoms with van der Waals surface area (Å²) in [6.45, 7) is 1.75. The predicted octanol–water partition coefficient (Wildman–Crippen LogP) is 1.96. The molecule has 1 aromatic carbocycles.